The zero-order valence-corrected chi connectivity index (χ0v) is 12.2. The zero-order chi connectivity index (χ0) is 13.9. The van der Waals surface area contributed by atoms with Gasteiger partial charge in [0.2, 0.25) is 16.0 Å². The van der Waals surface area contributed by atoms with Crippen LogP contribution >= 0.6 is 0 Å². The van der Waals surface area contributed by atoms with E-state index >= 15 is 0 Å². The van der Waals surface area contributed by atoms with Gasteiger partial charge in [-0.3, -0.25) is 5.43 Å². The number of nitrogens with one attached hydrogen (secondary N) is 1. The van der Waals surface area contributed by atoms with Gasteiger partial charge in [-0.15, -0.1) is 0 Å². The molecule has 1 saturated carbocycles. The number of hydrazine groups is 1. The van der Waals surface area contributed by atoms with E-state index in [4.69, 9.17) is 5.84 Å². The molecule has 0 amide bonds. The Morgan fingerprint density at radius 2 is 1.79 bits per heavy atom. The van der Waals surface area contributed by atoms with Crippen molar-refractivity contribution in [3.05, 3.63) is 0 Å². The zero-order valence-electron chi connectivity index (χ0n) is 11.4. The average molecular weight is 289 g/mol. The topological polar surface area (TPSA) is 91.0 Å². The number of hydrogen-bond acceptors (Lipinski definition) is 4. The molecule has 1 aliphatic heterocycles. The third-order valence-corrected chi connectivity index (χ3v) is 5.07. The molecule has 0 unspecified atom stereocenters. The lowest BCUT2D eigenvalue weighted by atomic mass is 10.3. The van der Waals surface area contributed by atoms with E-state index in [9.17, 15) is 8.42 Å². The van der Waals surface area contributed by atoms with Crippen LogP contribution in [0.2, 0.25) is 0 Å². The van der Waals surface area contributed by atoms with Crippen LogP contribution in [0.3, 0.4) is 0 Å². The molecule has 1 aliphatic carbocycles. The Labute approximate surface area is 114 Å². The molecule has 0 aromatic carbocycles. The summed E-state index contributed by atoms with van der Waals surface area (Å²) in [7, 11) is -3.09. The van der Waals surface area contributed by atoms with Crippen LogP contribution in [0.1, 0.15) is 25.7 Å². The molecule has 7 nitrogen and oxygen atoms in total. The van der Waals surface area contributed by atoms with Gasteiger partial charge in [0, 0.05) is 26.2 Å². The molecule has 0 bridgehead atoms. The smallest absolute Gasteiger partial charge is 0.211 e. The van der Waals surface area contributed by atoms with Crippen LogP contribution in [0, 0.1) is 0 Å². The predicted molar refractivity (Wildman–Crippen MR) is 75.0 cm³/mol. The molecule has 0 aromatic heterocycles. The summed E-state index contributed by atoms with van der Waals surface area (Å²) in [6, 6.07) is 0.360. The largest absolute Gasteiger partial charge is 0.339 e. The fraction of sp³-hybridized carbons (Fsp3) is 0.909. The van der Waals surface area contributed by atoms with Crippen LogP contribution in [-0.2, 0) is 10.0 Å². The molecule has 0 spiro atoms. The van der Waals surface area contributed by atoms with Crippen molar-refractivity contribution in [2.45, 2.75) is 31.7 Å². The van der Waals surface area contributed by atoms with Crippen LogP contribution in [-0.4, -0.2) is 62.1 Å². The number of piperazine rings is 1. The van der Waals surface area contributed by atoms with Gasteiger partial charge in [-0.25, -0.2) is 19.3 Å². The lowest BCUT2D eigenvalue weighted by Crippen LogP contribution is -2.55. The number of aliphatic imine (C=N–C) groups is 1. The van der Waals surface area contributed by atoms with E-state index in [2.05, 4.69) is 10.4 Å². The molecule has 2 fully saturated rings. The van der Waals surface area contributed by atoms with E-state index in [1.807, 2.05) is 4.90 Å². The normalized spacial score (nSPS) is 23.9. The second kappa shape index (κ2) is 6.06. The number of hydrogen-bond donors (Lipinski definition) is 2. The molecule has 0 atom stereocenters. The molecule has 19 heavy (non-hydrogen) atoms. The summed E-state index contributed by atoms with van der Waals surface area (Å²) in [5.74, 6) is 6.24. The van der Waals surface area contributed by atoms with Crippen molar-refractivity contribution >= 4 is 16.0 Å². The highest BCUT2D eigenvalue weighted by atomic mass is 32.2. The van der Waals surface area contributed by atoms with Gasteiger partial charge in [-0.1, -0.05) is 12.8 Å². The molecule has 0 aromatic rings. The van der Waals surface area contributed by atoms with Crippen LogP contribution in [0.15, 0.2) is 4.99 Å². The first-order chi connectivity index (χ1) is 9.00. The molecule has 110 valence electrons. The van der Waals surface area contributed by atoms with Crippen molar-refractivity contribution in [2.24, 2.45) is 10.8 Å². The van der Waals surface area contributed by atoms with Gasteiger partial charge in [0.1, 0.15) is 0 Å². The maximum absolute atomic E-state index is 11.4. The fourth-order valence-electron chi connectivity index (χ4n) is 2.65. The van der Waals surface area contributed by atoms with Gasteiger partial charge >= 0.3 is 0 Å². The first-order valence-corrected chi connectivity index (χ1v) is 8.60. The van der Waals surface area contributed by atoms with E-state index in [1.54, 1.807) is 0 Å². The maximum Gasteiger partial charge on any atom is 0.211 e. The van der Waals surface area contributed by atoms with E-state index in [-0.39, 0.29) is 0 Å². The molecule has 2 rings (SSSR count). The molecule has 1 saturated heterocycles. The van der Waals surface area contributed by atoms with Crippen molar-refractivity contribution in [1.82, 2.24) is 14.6 Å². The Balaban J connectivity index is 1.95. The molecule has 3 N–H and O–H groups in total. The van der Waals surface area contributed by atoms with Gasteiger partial charge in [0.25, 0.3) is 0 Å². The first kappa shape index (κ1) is 14.5. The van der Waals surface area contributed by atoms with Gasteiger partial charge in [0.15, 0.2) is 0 Å². The van der Waals surface area contributed by atoms with Crippen LogP contribution in [0.4, 0.5) is 0 Å². The SMILES string of the molecule is CS(=O)(=O)N1CCN(C(=NC2CCCC2)NN)CC1. The minimum atomic E-state index is -3.09. The number of nitrogens with two attached hydrogens (primary N) is 1. The van der Waals surface area contributed by atoms with E-state index in [1.165, 1.54) is 23.4 Å². The van der Waals surface area contributed by atoms with Gasteiger partial charge in [-0.05, 0) is 12.8 Å². The van der Waals surface area contributed by atoms with Gasteiger partial charge < -0.3 is 4.90 Å². The average Bonchev–Trinajstić information content (AvgIpc) is 2.88. The number of sulfonamides is 1. The molecule has 8 heteroatoms. The molecule has 1 heterocycles. The Morgan fingerprint density at radius 1 is 1.21 bits per heavy atom. The molecular weight excluding hydrogens is 266 g/mol. The Kier molecular flexibility index (Phi) is 4.64. The van der Waals surface area contributed by atoms with Crippen molar-refractivity contribution in [2.75, 3.05) is 32.4 Å². The standard InChI is InChI=1S/C11H23N5O2S/c1-19(17,18)16-8-6-15(7-9-16)11(14-12)13-10-4-2-3-5-10/h10H,2-9,12H2,1H3,(H,13,14). The van der Waals surface area contributed by atoms with E-state index < -0.39 is 10.0 Å². The third-order valence-electron chi connectivity index (χ3n) is 3.77. The lowest BCUT2D eigenvalue weighted by molar-refractivity contribution is 0.260. The quantitative estimate of drug-likeness (QED) is 0.304. The number of rotatable bonds is 2. The van der Waals surface area contributed by atoms with Crippen molar-refractivity contribution in [3.63, 3.8) is 0 Å². The van der Waals surface area contributed by atoms with Crippen molar-refractivity contribution in [1.29, 1.82) is 0 Å². The first-order valence-electron chi connectivity index (χ1n) is 6.75. The maximum atomic E-state index is 11.4. The number of guanidine groups is 1. The summed E-state index contributed by atoms with van der Waals surface area (Å²) in [5, 5.41) is 0. The molecule has 0 radical (unpaired) electrons. The summed E-state index contributed by atoms with van der Waals surface area (Å²) in [4.78, 5) is 6.67. The summed E-state index contributed by atoms with van der Waals surface area (Å²) in [6.07, 6.45) is 5.95. The minimum Gasteiger partial charge on any atom is -0.339 e. The highest BCUT2D eigenvalue weighted by molar-refractivity contribution is 7.88. The Bertz CT molecular complexity index is 422. The highest BCUT2D eigenvalue weighted by Crippen LogP contribution is 2.21. The van der Waals surface area contributed by atoms with Crippen LogP contribution in [0.5, 0.6) is 0 Å². The Hall–Kier alpha value is -0.860. The van der Waals surface area contributed by atoms with Crippen LogP contribution < -0.4 is 11.3 Å². The summed E-state index contributed by atoms with van der Waals surface area (Å²) in [5.41, 5.74) is 2.66. The second-order valence-electron chi connectivity index (χ2n) is 5.18. The minimum absolute atomic E-state index is 0.360. The molecule has 2 aliphatic rings. The van der Waals surface area contributed by atoms with E-state index in [0.29, 0.717) is 38.2 Å². The number of nitrogens with zero attached hydrogens (tertiary/aromatic N) is 3. The molecular formula is C11H23N5O2S. The monoisotopic (exact) mass is 289 g/mol. The Morgan fingerprint density at radius 3 is 2.26 bits per heavy atom. The van der Waals surface area contributed by atoms with Crippen molar-refractivity contribution in [3.8, 4) is 0 Å². The second-order valence-corrected chi connectivity index (χ2v) is 7.17. The predicted octanol–water partition coefficient (Wildman–Crippen LogP) is -0.674. The van der Waals surface area contributed by atoms with Gasteiger partial charge in [0.05, 0.1) is 12.3 Å². The van der Waals surface area contributed by atoms with E-state index in [0.717, 1.165) is 12.8 Å². The highest BCUT2D eigenvalue weighted by Gasteiger charge is 2.25. The van der Waals surface area contributed by atoms with Crippen molar-refractivity contribution < 1.29 is 8.42 Å². The third kappa shape index (κ3) is 3.80. The van der Waals surface area contributed by atoms with Gasteiger partial charge in [-0.2, -0.15) is 4.31 Å². The summed E-state index contributed by atoms with van der Waals surface area (Å²) in [6.45, 7) is 2.24. The lowest BCUT2D eigenvalue weighted by Gasteiger charge is -2.35. The summed E-state index contributed by atoms with van der Waals surface area (Å²) >= 11 is 0. The summed E-state index contributed by atoms with van der Waals surface area (Å²) < 4.78 is 24.4. The fourth-order valence-corrected chi connectivity index (χ4v) is 3.47. The van der Waals surface area contributed by atoms with Crippen LogP contribution in [0.25, 0.3) is 0 Å².